The highest BCUT2D eigenvalue weighted by Gasteiger charge is 2.26. The van der Waals surface area contributed by atoms with E-state index in [0.29, 0.717) is 31.2 Å². The van der Waals surface area contributed by atoms with Gasteiger partial charge in [-0.1, -0.05) is 18.2 Å². The maximum atomic E-state index is 12.9. The van der Waals surface area contributed by atoms with Crippen LogP contribution in [0.25, 0.3) is 0 Å². The Morgan fingerprint density at radius 1 is 1.11 bits per heavy atom. The summed E-state index contributed by atoms with van der Waals surface area (Å²) in [6.07, 6.45) is 0. The Morgan fingerprint density at radius 2 is 1.93 bits per heavy atom. The van der Waals surface area contributed by atoms with Crippen molar-refractivity contribution in [2.24, 2.45) is 0 Å². The minimum absolute atomic E-state index is 0.0190. The molecule has 28 heavy (non-hydrogen) atoms. The molecule has 0 fully saturated rings. The van der Waals surface area contributed by atoms with E-state index in [2.05, 4.69) is 10.1 Å². The van der Waals surface area contributed by atoms with E-state index in [1.165, 1.54) is 0 Å². The van der Waals surface area contributed by atoms with Crippen molar-refractivity contribution in [1.29, 1.82) is 0 Å². The molecule has 4 rings (SSSR count). The van der Waals surface area contributed by atoms with Crippen molar-refractivity contribution >= 4 is 5.91 Å². The number of ether oxygens (including phenoxy) is 2. The van der Waals surface area contributed by atoms with Crippen molar-refractivity contribution < 1.29 is 14.3 Å². The van der Waals surface area contributed by atoms with E-state index in [0.717, 1.165) is 22.7 Å². The maximum absolute atomic E-state index is 12.9. The average Bonchev–Trinajstić information content (AvgIpc) is 3.13. The number of carbonyl (C=O) groups is 1. The highest BCUT2D eigenvalue weighted by Crippen LogP contribution is 2.19. The molecule has 0 bridgehead atoms. The lowest BCUT2D eigenvalue weighted by Crippen LogP contribution is -2.39. The van der Waals surface area contributed by atoms with Gasteiger partial charge >= 0.3 is 0 Å². The van der Waals surface area contributed by atoms with E-state index < -0.39 is 0 Å². The fraction of sp³-hybridized carbons (Fsp3) is 0.286. The third-order valence-electron chi connectivity index (χ3n) is 4.68. The normalized spacial score (nSPS) is 13.4. The molecule has 1 aromatic carbocycles. The van der Waals surface area contributed by atoms with Crippen LogP contribution in [-0.4, -0.2) is 39.2 Å². The molecule has 3 heterocycles. The third kappa shape index (κ3) is 3.83. The summed E-state index contributed by atoms with van der Waals surface area (Å²) >= 11 is 0. The van der Waals surface area contributed by atoms with Crippen LogP contribution in [0.4, 0.5) is 0 Å². The Morgan fingerprint density at radius 3 is 2.68 bits per heavy atom. The van der Waals surface area contributed by atoms with E-state index in [-0.39, 0.29) is 12.5 Å². The Bertz CT molecular complexity index is 982. The average molecular weight is 378 g/mol. The number of benzene rings is 1. The number of fused-ring (bicyclic) bond motifs is 1. The lowest BCUT2D eigenvalue weighted by Gasteiger charge is -2.27. The molecule has 3 aromatic rings. The summed E-state index contributed by atoms with van der Waals surface area (Å²) in [5, 5.41) is 4.50. The maximum Gasteiger partial charge on any atom is 0.272 e. The molecule has 1 amide bonds. The summed E-state index contributed by atoms with van der Waals surface area (Å²) in [5.41, 5.74) is 3.27. The van der Waals surface area contributed by atoms with Crippen LogP contribution in [-0.2, 0) is 19.7 Å². The number of nitrogens with zero attached hydrogens (tertiary/aromatic N) is 4. The lowest BCUT2D eigenvalue weighted by molar-refractivity contribution is 0.0683. The van der Waals surface area contributed by atoms with Gasteiger partial charge in [0.1, 0.15) is 23.7 Å². The minimum atomic E-state index is -0.0190. The Hall–Kier alpha value is -3.35. The van der Waals surface area contributed by atoms with Gasteiger partial charge in [-0.3, -0.25) is 9.48 Å². The van der Waals surface area contributed by atoms with Gasteiger partial charge in [-0.25, -0.2) is 4.98 Å². The molecule has 1 aliphatic heterocycles. The predicted octanol–water partition coefficient (Wildman–Crippen LogP) is 2.83. The number of aromatic nitrogens is 3. The zero-order chi connectivity index (χ0) is 19.5. The highest BCUT2D eigenvalue weighted by atomic mass is 16.5. The number of carbonyl (C=O) groups excluding carboxylic acids is 1. The van der Waals surface area contributed by atoms with Crippen molar-refractivity contribution in [1.82, 2.24) is 19.7 Å². The van der Waals surface area contributed by atoms with Gasteiger partial charge < -0.3 is 14.4 Å². The van der Waals surface area contributed by atoms with Crippen molar-refractivity contribution in [3.05, 3.63) is 71.2 Å². The predicted molar refractivity (Wildman–Crippen MR) is 103 cm³/mol. The van der Waals surface area contributed by atoms with Crippen molar-refractivity contribution in [2.75, 3.05) is 13.7 Å². The van der Waals surface area contributed by atoms with Gasteiger partial charge in [0, 0.05) is 24.8 Å². The standard InChI is InChI=1S/C21H22N4O3/c1-15-4-3-5-20(22-15)28-14-17-12-19-21(26)24(10-11-25(19)23-17)13-16-6-8-18(27-2)9-7-16/h3-9,12H,10-11,13-14H2,1-2H3. The highest BCUT2D eigenvalue weighted by molar-refractivity contribution is 5.93. The van der Waals surface area contributed by atoms with Crippen LogP contribution in [0.3, 0.4) is 0 Å². The number of pyridine rings is 1. The summed E-state index contributed by atoms with van der Waals surface area (Å²) < 4.78 is 12.6. The Balaban J connectivity index is 1.43. The van der Waals surface area contributed by atoms with Gasteiger partial charge in [0.15, 0.2) is 0 Å². The zero-order valence-electron chi connectivity index (χ0n) is 16.0. The molecule has 0 N–H and O–H groups in total. The molecule has 0 radical (unpaired) electrons. The SMILES string of the molecule is COc1ccc(CN2CCn3nc(COc4cccc(C)n4)cc3C2=O)cc1. The number of aryl methyl sites for hydroxylation is 1. The fourth-order valence-electron chi connectivity index (χ4n) is 3.21. The molecular weight excluding hydrogens is 356 g/mol. The second-order valence-corrected chi connectivity index (χ2v) is 6.72. The van der Waals surface area contributed by atoms with E-state index in [9.17, 15) is 4.79 Å². The smallest absolute Gasteiger partial charge is 0.272 e. The van der Waals surface area contributed by atoms with E-state index in [1.54, 1.807) is 17.9 Å². The topological polar surface area (TPSA) is 69.5 Å². The van der Waals surface area contributed by atoms with Gasteiger partial charge in [0.05, 0.1) is 13.7 Å². The third-order valence-corrected chi connectivity index (χ3v) is 4.68. The van der Waals surface area contributed by atoms with Gasteiger partial charge in [-0.15, -0.1) is 0 Å². The molecule has 7 heteroatoms. The minimum Gasteiger partial charge on any atom is -0.497 e. The molecule has 0 saturated carbocycles. The molecule has 0 saturated heterocycles. The first-order valence-electron chi connectivity index (χ1n) is 9.18. The van der Waals surface area contributed by atoms with E-state index >= 15 is 0 Å². The molecule has 0 spiro atoms. The molecule has 1 aliphatic rings. The number of hydrogen-bond donors (Lipinski definition) is 0. The van der Waals surface area contributed by atoms with Crippen LogP contribution in [0.2, 0.25) is 0 Å². The summed E-state index contributed by atoms with van der Waals surface area (Å²) in [7, 11) is 1.64. The van der Waals surface area contributed by atoms with Gasteiger partial charge in [0.2, 0.25) is 5.88 Å². The monoisotopic (exact) mass is 378 g/mol. The number of hydrogen-bond acceptors (Lipinski definition) is 5. The quantitative estimate of drug-likeness (QED) is 0.660. The molecule has 2 aromatic heterocycles. The van der Waals surface area contributed by atoms with Gasteiger partial charge in [-0.05, 0) is 36.8 Å². The van der Waals surface area contributed by atoms with Gasteiger partial charge in [0.25, 0.3) is 5.91 Å². The molecule has 144 valence electrons. The summed E-state index contributed by atoms with van der Waals surface area (Å²) in [6, 6.07) is 15.2. The van der Waals surface area contributed by atoms with Crippen LogP contribution in [0.5, 0.6) is 11.6 Å². The summed E-state index contributed by atoms with van der Waals surface area (Å²) in [6.45, 7) is 4.05. The largest absolute Gasteiger partial charge is 0.497 e. The van der Waals surface area contributed by atoms with Crippen LogP contribution in [0, 0.1) is 6.92 Å². The first-order chi connectivity index (χ1) is 13.6. The van der Waals surface area contributed by atoms with Gasteiger partial charge in [-0.2, -0.15) is 5.10 Å². The fourth-order valence-corrected chi connectivity index (χ4v) is 3.21. The molecule has 0 aliphatic carbocycles. The Kier molecular flexibility index (Phi) is 4.97. The van der Waals surface area contributed by atoms with Crippen molar-refractivity contribution in [2.45, 2.75) is 26.6 Å². The second-order valence-electron chi connectivity index (χ2n) is 6.72. The van der Waals surface area contributed by atoms with E-state index in [4.69, 9.17) is 9.47 Å². The van der Waals surface area contributed by atoms with Crippen molar-refractivity contribution in [3.8, 4) is 11.6 Å². The first kappa shape index (κ1) is 18.0. The molecule has 0 atom stereocenters. The number of methoxy groups -OCH3 is 1. The number of rotatable bonds is 6. The lowest BCUT2D eigenvalue weighted by atomic mass is 10.2. The Labute approximate surface area is 163 Å². The first-order valence-corrected chi connectivity index (χ1v) is 9.18. The zero-order valence-corrected chi connectivity index (χ0v) is 16.0. The molecule has 0 unspecified atom stereocenters. The van der Waals surface area contributed by atoms with Crippen LogP contribution >= 0.6 is 0 Å². The molecular formula is C21H22N4O3. The molecule has 7 nitrogen and oxygen atoms in total. The van der Waals surface area contributed by atoms with E-state index in [1.807, 2.05) is 54.3 Å². The summed E-state index contributed by atoms with van der Waals surface area (Å²) in [4.78, 5) is 19.0. The van der Waals surface area contributed by atoms with Crippen LogP contribution < -0.4 is 9.47 Å². The van der Waals surface area contributed by atoms with Crippen LogP contribution in [0.1, 0.15) is 27.4 Å². The van der Waals surface area contributed by atoms with Crippen molar-refractivity contribution in [3.63, 3.8) is 0 Å². The van der Waals surface area contributed by atoms with Crippen LogP contribution in [0.15, 0.2) is 48.5 Å². The summed E-state index contributed by atoms with van der Waals surface area (Å²) in [5.74, 6) is 1.34. The second kappa shape index (κ2) is 7.72. The number of amides is 1.